The van der Waals surface area contributed by atoms with Crippen molar-refractivity contribution < 1.29 is 27.9 Å². The number of benzene rings is 1. The number of phenols is 1. The Labute approximate surface area is 129 Å². The van der Waals surface area contributed by atoms with Crippen LogP contribution in [-0.2, 0) is 15.8 Å². The highest BCUT2D eigenvalue weighted by Gasteiger charge is 2.35. The summed E-state index contributed by atoms with van der Waals surface area (Å²) in [5.41, 5.74) is -1.06. The zero-order valence-electron chi connectivity index (χ0n) is 11.7. The topological polar surface area (TPSA) is 57.6 Å². The summed E-state index contributed by atoms with van der Waals surface area (Å²) in [5, 5.41) is 9.69. The highest BCUT2D eigenvalue weighted by Crippen LogP contribution is 2.38. The smallest absolute Gasteiger partial charge is 0.416 e. The SMILES string of the molecule is CC(=O)SCC1CC(=O)N(c2cc(C(F)(F)F)ccc2O)C1. The second-order valence-corrected chi connectivity index (χ2v) is 6.28. The molecule has 0 bridgehead atoms. The number of carbonyl (C=O) groups excluding carboxylic acids is 2. The second-order valence-electron chi connectivity index (χ2n) is 5.08. The number of thioether (sulfide) groups is 1. The van der Waals surface area contributed by atoms with Crippen molar-refractivity contribution in [2.24, 2.45) is 5.92 Å². The minimum Gasteiger partial charge on any atom is -0.506 e. The van der Waals surface area contributed by atoms with E-state index in [0.717, 1.165) is 34.9 Å². The van der Waals surface area contributed by atoms with Gasteiger partial charge in [0.15, 0.2) is 5.12 Å². The van der Waals surface area contributed by atoms with Crippen LogP contribution in [0.25, 0.3) is 0 Å². The van der Waals surface area contributed by atoms with Gasteiger partial charge in [-0.15, -0.1) is 0 Å². The van der Waals surface area contributed by atoms with Crippen LogP contribution in [0.15, 0.2) is 18.2 Å². The quantitative estimate of drug-likeness (QED) is 0.924. The molecule has 1 unspecified atom stereocenters. The van der Waals surface area contributed by atoms with E-state index in [2.05, 4.69) is 0 Å². The molecule has 0 aliphatic carbocycles. The maximum Gasteiger partial charge on any atom is 0.416 e. The molecule has 1 heterocycles. The predicted octanol–water partition coefficient (Wildman–Crippen LogP) is 3.04. The van der Waals surface area contributed by atoms with Gasteiger partial charge in [0.2, 0.25) is 5.91 Å². The Kier molecular flexibility index (Phi) is 4.69. The number of anilines is 1. The zero-order chi connectivity index (χ0) is 16.5. The summed E-state index contributed by atoms with van der Waals surface area (Å²) < 4.78 is 38.2. The van der Waals surface area contributed by atoms with Crippen molar-refractivity contribution in [2.45, 2.75) is 19.5 Å². The Morgan fingerprint density at radius 1 is 1.45 bits per heavy atom. The van der Waals surface area contributed by atoms with Crippen LogP contribution in [0.1, 0.15) is 18.9 Å². The Morgan fingerprint density at radius 2 is 2.14 bits per heavy atom. The lowest BCUT2D eigenvalue weighted by molar-refractivity contribution is -0.137. The number of hydrogen-bond acceptors (Lipinski definition) is 4. The number of nitrogens with zero attached hydrogens (tertiary/aromatic N) is 1. The fourth-order valence-electron chi connectivity index (χ4n) is 2.28. The molecule has 2 rings (SSSR count). The molecule has 0 radical (unpaired) electrons. The number of rotatable bonds is 3. The lowest BCUT2D eigenvalue weighted by Gasteiger charge is -2.19. The van der Waals surface area contributed by atoms with E-state index in [1.54, 1.807) is 0 Å². The Bertz CT molecular complexity index is 603. The molecule has 120 valence electrons. The van der Waals surface area contributed by atoms with Crippen LogP contribution in [0.5, 0.6) is 5.75 Å². The fourth-order valence-corrected chi connectivity index (χ4v) is 2.97. The number of hydrogen-bond donors (Lipinski definition) is 1. The molecular weight excluding hydrogens is 319 g/mol. The molecule has 1 saturated heterocycles. The van der Waals surface area contributed by atoms with E-state index in [4.69, 9.17) is 0 Å². The molecule has 0 aromatic heterocycles. The van der Waals surface area contributed by atoms with E-state index in [1.807, 2.05) is 0 Å². The van der Waals surface area contributed by atoms with Gasteiger partial charge < -0.3 is 10.0 Å². The van der Waals surface area contributed by atoms with Gasteiger partial charge in [0.25, 0.3) is 0 Å². The third kappa shape index (κ3) is 3.73. The van der Waals surface area contributed by atoms with Gasteiger partial charge in [0, 0.05) is 25.6 Å². The van der Waals surface area contributed by atoms with Crippen LogP contribution >= 0.6 is 11.8 Å². The Hall–Kier alpha value is -1.70. The van der Waals surface area contributed by atoms with Crippen molar-refractivity contribution in [1.29, 1.82) is 0 Å². The summed E-state index contributed by atoms with van der Waals surface area (Å²) in [6.07, 6.45) is -4.40. The summed E-state index contributed by atoms with van der Waals surface area (Å²) in [6, 6.07) is 2.47. The van der Waals surface area contributed by atoms with E-state index >= 15 is 0 Å². The Balaban J connectivity index is 2.21. The number of halogens is 3. The van der Waals surface area contributed by atoms with Crippen LogP contribution < -0.4 is 4.90 Å². The molecule has 1 aliphatic rings. The molecule has 8 heteroatoms. The van der Waals surface area contributed by atoms with Crippen LogP contribution in [-0.4, -0.2) is 28.4 Å². The van der Waals surface area contributed by atoms with Crippen LogP contribution in [0, 0.1) is 5.92 Å². The molecule has 1 amide bonds. The largest absolute Gasteiger partial charge is 0.506 e. The van der Waals surface area contributed by atoms with Crippen LogP contribution in [0.4, 0.5) is 18.9 Å². The average Bonchev–Trinajstić information content (AvgIpc) is 2.77. The van der Waals surface area contributed by atoms with E-state index in [-0.39, 0.29) is 41.3 Å². The zero-order valence-corrected chi connectivity index (χ0v) is 12.5. The predicted molar refractivity (Wildman–Crippen MR) is 76.7 cm³/mol. The lowest BCUT2D eigenvalue weighted by Crippen LogP contribution is -2.25. The standard InChI is InChI=1S/C14H14F3NO3S/c1-8(19)22-7-9-4-13(21)18(6-9)11-5-10(14(15,16)17)2-3-12(11)20/h2-3,5,9,20H,4,6-7H2,1H3. The molecule has 1 fully saturated rings. The van der Waals surface area contributed by atoms with Gasteiger partial charge in [0.05, 0.1) is 11.3 Å². The van der Waals surface area contributed by atoms with Gasteiger partial charge in [-0.2, -0.15) is 13.2 Å². The first-order chi connectivity index (χ1) is 10.2. The first kappa shape index (κ1) is 16.7. The van der Waals surface area contributed by atoms with Crippen LogP contribution in [0.3, 0.4) is 0 Å². The van der Waals surface area contributed by atoms with Crippen molar-refractivity contribution in [3.05, 3.63) is 23.8 Å². The number of phenolic OH excluding ortho intramolecular Hbond substituents is 1. The van der Waals surface area contributed by atoms with Gasteiger partial charge in [-0.25, -0.2) is 0 Å². The molecule has 4 nitrogen and oxygen atoms in total. The van der Waals surface area contributed by atoms with Crippen molar-refractivity contribution in [1.82, 2.24) is 0 Å². The summed E-state index contributed by atoms with van der Waals surface area (Å²) in [5.74, 6) is -0.433. The van der Waals surface area contributed by atoms with Gasteiger partial charge in [0.1, 0.15) is 5.75 Å². The molecule has 1 aromatic carbocycles. The lowest BCUT2D eigenvalue weighted by atomic mass is 10.1. The van der Waals surface area contributed by atoms with E-state index in [9.17, 15) is 27.9 Å². The monoisotopic (exact) mass is 333 g/mol. The summed E-state index contributed by atoms with van der Waals surface area (Å²) >= 11 is 1.08. The molecular formula is C14H14F3NO3S. The first-order valence-electron chi connectivity index (χ1n) is 6.52. The second kappa shape index (κ2) is 6.20. The molecule has 22 heavy (non-hydrogen) atoms. The normalized spacial score (nSPS) is 18.8. The van der Waals surface area contributed by atoms with Gasteiger partial charge in [-0.3, -0.25) is 9.59 Å². The van der Waals surface area contributed by atoms with Crippen LogP contribution in [0.2, 0.25) is 0 Å². The highest BCUT2D eigenvalue weighted by atomic mass is 32.2. The molecule has 0 spiro atoms. The maximum absolute atomic E-state index is 12.7. The number of carbonyl (C=O) groups is 2. The maximum atomic E-state index is 12.7. The third-order valence-corrected chi connectivity index (χ3v) is 4.37. The average molecular weight is 333 g/mol. The summed E-state index contributed by atoms with van der Waals surface area (Å²) in [6.45, 7) is 1.60. The molecule has 1 N–H and O–H groups in total. The fraction of sp³-hybridized carbons (Fsp3) is 0.429. The number of alkyl halides is 3. The number of amides is 1. The van der Waals surface area contributed by atoms with E-state index < -0.39 is 11.7 Å². The molecule has 0 saturated carbocycles. The highest BCUT2D eigenvalue weighted by molar-refractivity contribution is 8.13. The summed E-state index contributed by atoms with van der Waals surface area (Å²) in [4.78, 5) is 24.1. The first-order valence-corrected chi connectivity index (χ1v) is 7.51. The molecule has 1 atom stereocenters. The minimum atomic E-state index is -4.55. The van der Waals surface area contributed by atoms with E-state index in [1.165, 1.54) is 6.92 Å². The summed E-state index contributed by atoms with van der Waals surface area (Å²) in [7, 11) is 0. The third-order valence-electron chi connectivity index (χ3n) is 3.32. The van der Waals surface area contributed by atoms with Gasteiger partial charge in [-0.05, 0) is 24.1 Å². The van der Waals surface area contributed by atoms with Crippen molar-refractivity contribution in [2.75, 3.05) is 17.2 Å². The van der Waals surface area contributed by atoms with Gasteiger partial charge in [-0.1, -0.05) is 11.8 Å². The van der Waals surface area contributed by atoms with E-state index in [0.29, 0.717) is 5.75 Å². The van der Waals surface area contributed by atoms with Crippen molar-refractivity contribution >= 4 is 28.5 Å². The van der Waals surface area contributed by atoms with Crippen molar-refractivity contribution in [3.8, 4) is 5.75 Å². The van der Waals surface area contributed by atoms with Gasteiger partial charge >= 0.3 is 6.18 Å². The van der Waals surface area contributed by atoms with Crippen molar-refractivity contribution in [3.63, 3.8) is 0 Å². The molecule has 1 aromatic rings. The number of aromatic hydroxyl groups is 1. The Morgan fingerprint density at radius 3 is 2.73 bits per heavy atom. The minimum absolute atomic E-state index is 0.0761. The molecule has 1 aliphatic heterocycles.